The van der Waals surface area contributed by atoms with Gasteiger partial charge in [-0.05, 0) is 51.0 Å². The van der Waals surface area contributed by atoms with Crippen LogP contribution in [0.25, 0.3) is 0 Å². The number of nitrogens with zero attached hydrogens (tertiary/aromatic N) is 2. The van der Waals surface area contributed by atoms with Gasteiger partial charge in [0.1, 0.15) is 5.75 Å². The molecule has 0 aliphatic carbocycles. The van der Waals surface area contributed by atoms with Crippen molar-refractivity contribution >= 4 is 24.2 Å². The van der Waals surface area contributed by atoms with Gasteiger partial charge < -0.3 is 14.4 Å². The van der Waals surface area contributed by atoms with Gasteiger partial charge in [0.15, 0.2) is 0 Å². The monoisotopic (exact) mass is 330 g/mol. The van der Waals surface area contributed by atoms with Crippen LogP contribution in [0.4, 0.5) is 10.5 Å². The Morgan fingerprint density at radius 3 is 2.45 bits per heavy atom. The zero-order valence-electron chi connectivity index (χ0n) is 12.3. The van der Waals surface area contributed by atoms with Gasteiger partial charge in [-0.2, -0.15) is 0 Å². The summed E-state index contributed by atoms with van der Waals surface area (Å²) in [5, 5.41) is 10.5. The van der Waals surface area contributed by atoms with Gasteiger partial charge in [0.05, 0.1) is 11.5 Å². The number of nitro groups is 1. The third-order valence-electron chi connectivity index (χ3n) is 3.52. The Morgan fingerprint density at radius 1 is 1.32 bits per heavy atom. The summed E-state index contributed by atoms with van der Waals surface area (Å²) in [6.07, 6.45) is 1.23. The number of carbonyl (C=O) groups excluding carboxylic acids is 1. The first-order chi connectivity index (χ1) is 10.0. The number of non-ortho nitro benzene ring substituents is 1. The van der Waals surface area contributed by atoms with Crippen LogP contribution in [0.2, 0.25) is 0 Å². The molecule has 0 spiro atoms. The molecule has 1 heterocycles. The van der Waals surface area contributed by atoms with Crippen LogP contribution in [0.5, 0.6) is 5.75 Å². The SMILES string of the molecule is CN1CCC(COC(=O)Oc2ccc([N+](=O)[O-])cc2)CC1.Cl. The highest BCUT2D eigenvalue weighted by molar-refractivity contribution is 5.85. The quantitative estimate of drug-likeness (QED) is 0.365. The number of hydrogen-bond acceptors (Lipinski definition) is 6. The van der Waals surface area contributed by atoms with E-state index in [-0.39, 0.29) is 23.8 Å². The van der Waals surface area contributed by atoms with E-state index >= 15 is 0 Å². The predicted molar refractivity (Wildman–Crippen MR) is 82.5 cm³/mol. The second-order valence-electron chi connectivity index (χ2n) is 5.16. The standard InChI is InChI=1S/C14H18N2O5.ClH/c1-15-8-6-11(7-9-15)10-20-14(17)21-13-4-2-12(3-5-13)16(18)19;/h2-5,11H,6-10H2,1H3;1H. The molecule has 1 aliphatic rings. The lowest BCUT2D eigenvalue weighted by Crippen LogP contribution is -2.32. The van der Waals surface area contributed by atoms with E-state index in [1.165, 1.54) is 24.3 Å². The normalized spacial score (nSPS) is 15.7. The number of halogens is 1. The van der Waals surface area contributed by atoms with Crippen LogP contribution < -0.4 is 4.74 Å². The summed E-state index contributed by atoms with van der Waals surface area (Å²) >= 11 is 0. The molecule has 7 nitrogen and oxygen atoms in total. The zero-order chi connectivity index (χ0) is 15.2. The van der Waals surface area contributed by atoms with Gasteiger partial charge in [0.25, 0.3) is 5.69 Å². The molecule has 0 saturated carbocycles. The van der Waals surface area contributed by atoms with E-state index < -0.39 is 11.1 Å². The lowest BCUT2D eigenvalue weighted by Gasteiger charge is -2.28. The second kappa shape index (κ2) is 8.55. The van der Waals surface area contributed by atoms with Crippen molar-refractivity contribution in [3.05, 3.63) is 34.4 Å². The Bertz CT molecular complexity index is 500. The molecule has 8 heteroatoms. The van der Waals surface area contributed by atoms with E-state index in [9.17, 15) is 14.9 Å². The van der Waals surface area contributed by atoms with Crippen molar-refractivity contribution in [2.45, 2.75) is 12.8 Å². The van der Waals surface area contributed by atoms with Crippen LogP contribution >= 0.6 is 12.4 Å². The fourth-order valence-electron chi connectivity index (χ4n) is 2.18. The predicted octanol–water partition coefficient (Wildman–Crippen LogP) is 2.87. The number of piperidine rings is 1. The largest absolute Gasteiger partial charge is 0.513 e. The van der Waals surface area contributed by atoms with Crippen LogP contribution in [-0.4, -0.2) is 42.7 Å². The Hall–Kier alpha value is -1.86. The fraction of sp³-hybridized carbons (Fsp3) is 0.500. The number of nitro benzene ring substituents is 1. The molecule has 0 aromatic heterocycles. The minimum absolute atomic E-state index is 0. The Labute approximate surface area is 134 Å². The van der Waals surface area contributed by atoms with Crippen molar-refractivity contribution in [3.8, 4) is 5.75 Å². The van der Waals surface area contributed by atoms with Crippen molar-refractivity contribution in [2.24, 2.45) is 5.92 Å². The highest BCUT2D eigenvalue weighted by atomic mass is 35.5. The molecular weight excluding hydrogens is 312 g/mol. The molecule has 1 aromatic carbocycles. The molecule has 0 amide bonds. The molecule has 0 radical (unpaired) electrons. The van der Waals surface area contributed by atoms with Gasteiger partial charge in [-0.1, -0.05) is 0 Å². The highest BCUT2D eigenvalue weighted by Gasteiger charge is 2.19. The van der Waals surface area contributed by atoms with Crippen LogP contribution in [0.1, 0.15) is 12.8 Å². The van der Waals surface area contributed by atoms with Gasteiger partial charge in [0.2, 0.25) is 0 Å². The number of benzene rings is 1. The fourth-order valence-corrected chi connectivity index (χ4v) is 2.18. The van der Waals surface area contributed by atoms with E-state index in [0.717, 1.165) is 25.9 Å². The second-order valence-corrected chi connectivity index (χ2v) is 5.16. The lowest BCUT2D eigenvalue weighted by atomic mass is 9.98. The molecule has 22 heavy (non-hydrogen) atoms. The van der Waals surface area contributed by atoms with E-state index in [4.69, 9.17) is 9.47 Å². The summed E-state index contributed by atoms with van der Waals surface area (Å²) in [5.41, 5.74) is -0.0537. The first kappa shape index (κ1) is 18.2. The average Bonchev–Trinajstić information content (AvgIpc) is 2.47. The highest BCUT2D eigenvalue weighted by Crippen LogP contribution is 2.19. The maximum Gasteiger partial charge on any atom is 0.513 e. The third kappa shape index (κ3) is 5.50. The number of hydrogen-bond donors (Lipinski definition) is 0. The van der Waals surface area contributed by atoms with Gasteiger partial charge in [0, 0.05) is 12.1 Å². The zero-order valence-corrected chi connectivity index (χ0v) is 13.1. The minimum Gasteiger partial charge on any atom is -0.434 e. The van der Waals surface area contributed by atoms with E-state index in [0.29, 0.717) is 12.5 Å². The molecule has 0 bridgehead atoms. The number of rotatable bonds is 4. The molecule has 2 rings (SSSR count). The summed E-state index contributed by atoms with van der Waals surface area (Å²) in [6, 6.07) is 5.29. The number of likely N-dealkylation sites (tertiary alicyclic amines) is 1. The Kier molecular flexibility index (Phi) is 7.07. The smallest absolute Gasteiger partial charge is 0.434 e. The van der Waals surface area contributed by atoms with Crippen molar-refractivity contribution in [1.29, 1.82) is 0 Å². The summed E-state index contributed by atoms with van der Waals surface area (Å²) < 4.78 is 10.1. The van der Waals surface area contributed by atoms with E-state index in [1.54, 1.807) is 0 Å². The lowest BCUT2D eigenvalue weighted by molar-refractivity contribution is -0.384. The van der Waals surface area contributed by atoms with Gasteiger partial charge in [-0.25, -0.2) is 4.79 Å². The molecule has 1 aromatic rings. The number of carbonyl (C=O) groups is 1. The molecular formula is C14H19ClN2O5. The Balaban J connectivity index is 0.00000242. The molecule has 1 saturated heterocycles. The third-order valence-corrected chi connectivity index (χ3v) is 3.52. The van der Waals surface area contributed by atoms with Crippen molar-refractivity contribution in [2.75, 3.05) is 26.7 Å². The Morgan fingerprint density at radius 2 is 1.91 bits per heavy atom. The first-order valence-electron chi connectivity index (χ1n) is 6.82. The maximum atomic E-state index is 11.5. The summed E-state index contributed by atoms with van der Waals surface area (Å²) in [6.45, 7) is 2.36. The molecule has 122 valence electrons. The summed E-state index contributed by atoms with van der Waals surface area (Å²) in [7, 11) is 2.07. The van der Waals surface area contributed by atoms with Gasteiger partial charge in [-0.15, -0.1) is 12.4 Å². The van der Waals surface area contributed by atoms with Gasteiger partial charge >= 0.3 is 6.16 Å². The maximum absolute atomic E-state index is 11.5. The van der Waals surface area contributed by atoms with Crippen molar-refractivity contribution < 1.29 is 19.2 Å². The molecule has 1 aliphatic heterocycles. The van der Waals surface area contributed by atoms with Crippen LogP contribution in [0.3, 0.4) is 0 Å². The number of ether oxygens (including phenoxy) is 2. The molecule has 1 fully saturated rings. The van der Waals surface area contributed by atoms with E-state index in [1.807, 2.05) is 0 Å². The molecule has 0 atom stereocenters. The van der Waals surface area contributed by atoms with Crippen LogP contribution in [0, 0.1) is 16.0 Å². The molecule has 0 unspecified atom stereocenters. The van der Waals surface area contributed by atoms with Crippen molar-refractivity contribution in [1.82, 2.24) is 4.90 Å². The van der Waals surface area contributed by atoms with Crippen LogP contribution in [0.15, 0.2) is 24.3 Å². The topological polar surface area (TPSA) is 81.9 Å². The average molecular weight is 331 g/mol. The van der Waals surface area contributed by atoms with Crippen LogP contribution in [-0.2, 0) is 4.74 Å². The van der Waals surface area contributed by atoms with E-state index in [2.05, 4.69) is 11.9 Å². The first-order valence-corrected chi connectivity index (χ1v) is 6.82. The molecule has 0 N–H and O–H groups in total. The minimum atomic E-state index is -0.775. The van der Waals surface area contributed by atoms with Gasteiger partial charge in [-0.3, -0.25) is 10.1 Å². The summed E-state index contributed by atoms with van der Waals surface area (Å²) in [5.74, 6) is 0.597. The summed E-state index contributed by atoms with van der Waals surface area (Å²) in [4.78, 5) is 23.8. The van der Waals surface area contributed by atoms with Crippen molar-refractivity contribution in [3.63, 3.8) is 0 Å².